The molecule has 8 heteroatoms. The number of aliphatic imine (C=N–C) groups is 1. The van der Waals surface area contributed by atoms with E-state index in [1.54, 1.807) is 36.5 Å². The molecule has 1 aromatic heterocycles. The normalized spacial score (nSPS) is 16.3. The van der Waals surface area contributed by atoms with E-state index in [0.717, 1.165) is 49.0 Å². The average molecular weight is 437 g/mol. The lowest BCUT2D eigenvalue weighted by molar-refractivity contribution is 0.415. The third-order valence-electron chi connectivity index (χ3n) is 5.51. The van der Waals surface area contributed by atoms with Crippen LogP contribution in [-0.4, -0.2) is 48.3 Å². The van der Waals surface area contributed by atoms with Gasteiger partial charge in [0.15, 0.2) is 5.96 Å². The zero-order valence-corrected chi connectivity index (χ0v) is 18.5. The van der Waals surface area contributed by atoms with E-state index in [1.807, 2.05) is 31.2 Å². The Morgan fingerprint density at radius 2 is 2.12 bits per heavy atom. The fraction of sp³-hybridized carbons (Fsp3) is 0.333. The second-order valence-corrected chi connectivity index (χ2v) is 7.70. The second kappa shape index (κ2) is 10.2. The number of imidazole rings is 1. The number of methoxy groups -OCH3 is 1. The summed E-state index contributed by atoms with van der Waals surface area (Å²) >= 11 is 0. The van der Waals surface area contributed by atoms with Crippen LogP contribution in [0.25, 0.3) is 5.69 Å². The number of anilines is 1. The molecule has 1 fully saturated rings. The number of para-hydroxylation sites is 2. The van der Waals surface area contributed by atoms with E-state index < -0.39 is 0 Å². The molecular formula is C24H29FN6O. The maximum absolute atomic E-state index is 14.5. The molecule has 0 radical (unpaired) electrons. The summed E-state index contributed by atoms with van der Waals surface area (Å²) in [5.41, 5.74) is 2.39. The smallest absolute Gasteiger partial charge is 0.191 e. The number of aromatic nitrogens is 2. The van der Waals surface area contributed by atoms with Crippen molar-refractivity contribution in [3.8, 4) is 11.4 Å². The van der Waals surface area contributed by atoms with Gasteiger partial charge in [0, 0.05) is 38.1 Å². The largest absolute Gasteiger partial charge is 0.495 e. The third-order valence-corrected chi connectivity index (χ3v) is 5.51. The lowest BCUT2D eigenvalue weighted by Crippen LogP contribution is -2.44. The highest BCUT2D eigenvalue weighted by atomic mass is 19.1. The van der Waals surface area contributed by atoms with Crippen molar-refractivity contribution in [1.29, 1.82) is 0 Å². The summed E-state index contributed by atoms with van der Waals surface area (Å²) in [5.74, 6) is 1.32. The lowest BCUT2D eigenvalue weighted by atomic mass is 10.2. The minimum atomic E-state index is -0.295. The predicted octanol–water partition coefficient (Wildman–Crippen LogP) is 3.35. The van der Waals surface area contributed by atoms with Gasteiger partial charge in [-0.2, -0.15) is 0 Å². The predicted molar refractivity (Wildman–Crippen MR) is 125 cm³/mol. The van der Waals surface area contributed by atoms with Gasteiger partial charge in [0.2, 0.25) is 0 Å². The van der Waals surface area contributed by atoms with Crippen LogP contribution in [0, 0.1) is 5.82 Å². The molecule has 0 bridgehead atoms. The topological polar surface area (TPSA) is 66.7 Å². The van der Waals surface area contributed by atoms with Gasteiger partial charge in [-0.05, 0) is 43.2 Å². The molecule has 0 amide bonds. The molecule has 0 aliphatic carbocycles. The van der Waals surface area contributed by atoms with Crippen molar-refractivity contribution in [2.45, 2.75) is 25.9 Å². The van der Waals surface area contributed by atoms with Gasteiger partial charge in [-0.3, -0.25) is 0 Å². The first-order valence-corrected chi connectivity index (χ1v) is 10.9. The van der Waals surface area contributed by atoms with E-state index in [2.05, 4.69) is 31.6 Å². The van der Waals surface area contributed by atoms with Gasteiger partial charge in [0.25, 0.3) is 0 Å². The van der Waals surface area contributed by atoms with Gasteiger partial charge in [-0.15, -0.1) is 0 Å². The van der Waals surface area contributed by atoms with Gasteiger partial charge < -0.3 is 24.8 Å². The van der Waals surface area contributed by atoms with Crippen LogP contribution in [-0.2, 0) is 6.54 Å². The van der Waals surface area contributed by atoms with Crippen molar-refractivity contribution in [3.05, 3.63) is 72.6 Å². The monoisotopic (exact) mass is 436 g/mol. The minimum absolute atomic E-state index is 0.262. The zero-order valence-electron chi connectivity index (χ0n) is 18.5. The molecule has 32 heavy (non-hydrogen) atoms. The molecule has 7 nitrogen and oxygen atoms in total. The standard InChI is InChI=1S/C24H29FN6O/c1-3-27-24(28-15-18-8-9-21(20(25)14-18)31-13-11-26-17-31)29-19-10-12-30(16-19)22-6-4-5-7-23(22)32-2/h4-9,11,13-14,17,19H,3,10,12,15-16H2,1-2H3,(H2,27,28,29). The maximum Gasteiger partial charge on any atom is 0.191 e. The Morgan fingerprint density at radius 1 is 1.25 bits per heavy atom. The first-order valence-electron chi connectivity index (χ1n) is 10.9. The SMILES string of the molecule is CCNC(=NCc1ccc(-n2ccnc2)c(F)c1)NC1CCN(c2ccccc2OC)C1. The quantitative estimate of drug-likeness (QED) is 0.439. The molecule has 4 rings (SSSR count). The van der Waals surface area contributed by atoms with E-state index in [0.29, 0.717) is 12.2 Å². The molecule has 3 aromatic rings. The van der Waals surface area contributed by atoms with Gasteiger partial charge in [0.05, 0.1) is 31.4 Å². The van der Waals surface area contributed by atoms with Crippen LogP contribution in [0.1, 0.15) is 18.9 Å². The molecule has 1 saturated heterocycles. The Hall–Kier alpha value is -3.55. The van der Waals surface area contributed by atoms with Gasteiger partial charge >= 0.3 is 0 Å². The Balaban J connectivity index is 1.40. The highest BCUT2D eigenvalue weighted by Crippen LogP contribution is 2.30. The fourth-order valence-electron chi connectivity index (χ4n) is 3.93. The highest BCUT2D eigenvalue weighted by molar-refractivity contribution is 5.80. The Kier molecular flexibility index (Phi) is 6.89. The summed E-state index contributed by atoms with van der Waals surface area (Å²) in [6.07, 6.45) is 5.93. The number of nitrogens with one attached hydrogen (secondary N) is 2. The number of ether oxygens (including phenoxy) is 1. The number of hydrogen-bond donors (Lipinski definition) is 2. The van der Waals surface area contributed by atoms with Gasteiger partial charge in [-0.25, -0.2) is 14.4 Å². The minimum Gasteiger partial charge on any atom is -0.495 e. The second-order valence-electron chi connectivity index (χ2n) is 7.70. The molecule has 1 unspecified atom stereocenters. The molecule has 1 aliphatic rings. The van der Waals surface area contributed by atoms with Crippen LogP contribution >= 0.6 is 0 Å². The third kappa shape index (κ3) is 5.01. The van der Waals surface area contributed by atoms with Crippen molar-refractivity contribution < 1.29 is 9.13 Å². The first kappa shape index (κ1) is 21.7. The zero-order chi connectivity index (χ0) is 22.3. The fourth-order valence-corrected chi connectivity index (χ4v) is 3.93. The summed E-state index contributed by atoms with van der Waals surface area (Å²) in [4.78, 5) is 11.0. The van der Waals surface area contributed by atoms with Crippen LogP contribution in [0.15, 0.2) is 66.2 Å². The van der Waals surface area contributed by atoms with Crippen LogP contribution in [0.2, 0.25) is 0 Å². The Labute approximate surface area is 187 Å². The number of guanidine groups is 1. The average Bonchev–Trinajstić information content (AvgIpc) is 3.50. The van der Waals surface area contributed by atoms with Crippen molar-refractivity contribution >= 4 is 11.6 Å². The van der Waals surface area contributed by atoms with Crippen LogP contribution in [0.5, 0.6) is 5.75 Å². The summed E-state index contributed by atoms with van der Waals surface area (Å²) in [7, 11) is 1.70. The number of halogens is 1. The van der Waals surface area contributed by atoms with Crippen LogP contribution in [0.4, 0.5) is 10.1 Å². The van der Waals surface area contributed by atoms with Crippen molar-refractivity contribution in [1.82, 2.24) is 20.2 Å². The maximum atomic E-state index is 14.5. The molecule has 2 heterocycles. The van der Waals surface area contributed by atoms with Crippen molar-refractivity contribution in [2.75, 3.05) is 31.6 Å². The number of hydrogen-bond acceptors (Lipinski definition) is 4. The van der Waals surface area contributed by atoms with Gasteiger partial charge in [-0.1, -0.05) is 18.2 Å². The van der Waals surface area contributed by atoms with Crippen LogP contribution in [0.3, 0.4) is 0 Å². The number of nitrogens with zero attached hydrogens (tertiary/aromatic N) is 4. The molecular weight excluding hydrogens is 407 g/mol. The van der Waals surface area contributed by atoms with E-state index in [4.69, 9.17) is 4.74 Å². The number of benzene rings is 2. The number of rotatable bonds is 7. The summed E-state index contributed by atoms with van der Waals surface area (Å²) in [6.45, 7) is 4.98. The van der Waals surface area contributed by atoms with E-state index in [1.165, 1.54) is 6.07 Å². The Bertz CT molecular complexity index is 1050. The molecule has 2 N–H and O–H groups in total. The van der Waals surface area contributed by atoms with E-state index in [-0.39, 0.29) is 11.9 Å². The van der Waals surface area contributed by atoms with Crippen molar-refractivity contribution in [2.24, 2.45) is 4.99 Å². The van der Waals surface area contributed by atoms with E-state index in [9.17, 15) is 4.39 Å². The summed E-state index contributed by atoms with van der Waals surface area (Å²) in [5, 5.41) is 6.82. The van der Waals surface area contributed by atoms with Crippen LogP contribution < -0.4 is 20.3 Å². The highest BCUT2D eigenvalue weighted by Gasteiger charge is 2.25. The Morgan fingerprint density at radius 3 is 2.88 bits per heavy atom. The molecule has 0 spiro atoms. The molecule has 1 atom stereocenters. The van der Waals surface area contributed by atoms with Gasteiger partial charge in [0.1, 0.15) is 11.6 Å². The lowest BCUT2D eigenvalue weighted by Gasteiger charge is -2.22. The summed E-state index contributed by atoms with van der Waals surface area (Å²) in [6, 6.07) is 13.5. The molecule has 168 valence electrons. The van der Waals surface area contributed by atoms with Crippen molar-refractivity contribution in [3.63, 3.8) is 0 Å². The summed E-state index contributed by atoms with van der Waals surface area (Å²) < 4.78 is 21.7. The van der Waals surface area contributed by atoms with E-state index >= 15 is 0 Å². The first-order chi connectivity index (χ1) is 15.7. The molecule has 1 aliphatic heterocycles. The molecule has 0 saturated carbocycles. The molecule has 2 aromatic carbocycles.